The molecule has 0 spiro atoms. The smallest absolute Gasteiger partial charge is 0.326 e. The largest absolute Gasteiger partial charge is 0.480 e. The molecule has 2 N–H and O–H groups in total. The molecule has 6 heteroatoms. The summed E-state index contributed by atoms with van der Waals surface area (Å²) in [5.74, 6) is -1.23. The van der Waals surface area contributed by atoms with E-state index < -0.39 is 17.4 Å². The molecule has 0 radical (unpaired) electrons. The Bertz CT molecular complexity index is 499. The Hall–Kier alpha value is -1.20. The molecule has 1 aromatic carbocycles. The molecule has 0 aliphatic rings. The van der Waals surface area contributed by atoms with Crippen LogP contribution >= 0.6 is 23.4 Å². The van der Waals surface area contributed by atoms with Gasteiger partial charge in [0.25, 0.3) is 0 Å². The number of carboxylic acid groups (broad SMARTS) is 1. The van der Waals surface area contributed by atoms with Gasteiger partial charge in [0, 0.05) is 4.90 Å². The maximum Gasteiger partial charge on any atom is 0.326 e. The lowest BCUT2D eigenvalue weighted by Crippen LogP contribution is -2.49. The van der Waals surface area contributed by atoms with Crippen molar-refractivity contribution in [1.29, 1.82) is 0 Å². The third kappa shape index (κ3) is 5.06. The number of thioether (sulfide) groups is 1. The molecule has 0 aliphatic carbocycles. The average Bonchev–Trinajstić information content (AvgIpc) is 2.33. The summed E-state index contributed by atoms with van der Waals surface area (Å²) in [7, 11) is 0. The third-order valence-corrected chi connectivity index (χ3v) is 4.13. The van der Waals surface area contributed by atoms with E-state index in [1.807, 2.05) is 18.2 Å². The van der Waals surface area contributed by atoms with Crippen molar-refractivity contribution in [1.82, 2.24) is 5.32 Å². The molecule has 0 bridgehead atoms. The molecule has 0 aromatic heterocycles. The molecule has 0 fully saturated rings. The molecule has 0 saturated heterocycles. The first-order chi connectivity index (χ1) is 9.21. The Balaban J connectivity index is 2.60. The van der Waals surface area contributed by atoms with E-state index in [0.717, 1.165) is 4.90 Å². The van der Waals surface area contributed by atoms with Crippen LogP contribution in [0.4, 0.5) is 0 Å². The summed E-state index contributed by atoms with van der Waals surface area (Å²) in [5.41, 5.74) is -0.545. The fourth-order valence-electron chi connectivity index (χ4n) is 1.56. The first-order valence-electron chi connectivity index (χ1n) is 6.11. The molecule has 4 nitrogen and oxygen atoms in total. The fourth-order valence-corrected chi connectivity index (χ4v) is 2.61. The van der Waals surface area contributed by atoms with E-state index in [9.17, 15) is 9.59 Å². The molecule has 0 aliphatic heterocycles. The molecule has 1 amide bonds. The second kappa shape index (κ2) is 6.99. The van der Waals surface area contributed by atoms with E-state index in [1.165, 1.54) is 11.8 Å². The van der Waals surface area contributed by atoms with Gasteiger partial charge in [-0.2, -0.15) is 0 Å². The van der Waals surface area contributed by atoms with Gasteiger partial charge in [-0.25, -0.2) is 4.79 Å². The van der Waals surface area contributed by atoms with Crippen LogP contribution in [0.5, 0.6) is 0 Å². The number of halogens is 1. The summed E-state index contributed by atoms with van der Waals surface area (Å²) in [6.45, 7) is 5.31. The fraction of sp³-hybridized carbons (Fsp3) is 0.429. The number of benzene rings is 1. The summed E-state index contributed by atoms with van der Waals surface area (Å²) in [6, 6.07) is 6.30. The molecular formula is C14H18ClNO3S. The second-order valence-corrected chi connectivity index (χ2v) is 6.85. The summed E-state index contributed by atoms with van der Waals surface area (Å²) >= 11 is 7.27. The second-order valence-electron chi connectivity index (χ2n) is 5.42. The van der Waals surface area contributed by atoms with Crippen LogP contribution in [0.1, 0.15) is 20.8 Å². The number of hydrogen-bond acceptors (Lipinski definition) is 3. The minimum Gasteiger partial charge on any atom is -0.480 e. The standard InChI is InChI=1S/C14H18ClNO3S/c1-14(2,3)12(13(18)19)16-11(17)8-20-10-7-5-4-6-9(10)15/h4-7,12H,8H2,1-3H3,(H,16,17)(H,18,19)/t12-/m1/s1. The third-order valence-electron chi connectivity index (χ3n) is 2.61. The highest BCUT2D eigenvalue weighted by Gasteiger charge is 2.32. The Morgan fingerprint density at radius 1 is 1.35 bits per heavy atom. The lowest BCUT2D eigenvalue weighted by Gasteiger charge is -2.27. The lowest BCUT2D eigenvalue weighted by molar-refractivity contribution is -0.144. The van der Waals surface area contributed by atoms with E-state index in [1.54, 1.807) is 26.8 Å². The van der Waals surface area contributed by atoms with Gasteiger partial charge in [0.1, 0.15) is 6.04 Å². The van der Waals surface area contributed by atoms with Crippen LogP contribution in [0.2, 0.25) is 5.02 Å². The van der Waals surface area contributed by atoms with Gasteiger partial charge in [-0.3, -0.25) is 4.79 Å². The van der Waals surface area contributed by atoms with E-state index in [0.29, 0.717) is 5.02 Å². The molecular weight excluding hydrogens is 298 g/mol. The monoisotopic (exact) mass is 315 g/mol. The molecule has 110 valence electrons. The Labute approximate surface area is 127 Å². The zero-order valence-corrected chi connectivity index (χ0v) is 13.2. The minimum absolute atomic E-state index is 0.129. The number of rotatable bonds is 5. The van der Waals surface area contributed by atoms with Gasteiger partial charge in [0.05, 0.1) is 10.8 Å². The summed E-state index contributed by atoms with van der Waals surface area (Å²) in [5, 5.41) is 12.3. The summed E-state index contributed by atoms with van der Waals surface area (Å²) in [6.07, 6.45) is 0. The van der Waals surface area contributed by atoms with Crippen LogP contribution in [-0.4, -0.2) is 28.8 Å². The molecule has 1 atom stereocenters. The van der Waals surface area contributed by atoms with Crippen molar-refractivity contribution in [3.8, 4) is 0 Å². The van der Waals surface area contributed by atoms with E-state index in [2.05, 4.69) is 5.32 Å². The van der Waals surface area contributed by atoms with Crippen LogP contribution < -0.4 is 5.32 Å². The van der Waals surface area contributed by atoms with E-state index in [4.69, 9.17) is 16.7 Å². The highest BCUT2D eigenvalue weighted by atomic mass is 35.5. The number of amides is 1. The first kappa shape index (κ1) is 16.9. The highest BCUT2D eigenvalue weighted by molar-refractivity contribution is 8.00. The average molecular weight is 316 g/mol. The predicted molar refractivity (Wildman–Crippen MR) is 81.2 cm³/mol. The van der Waals surface area contributed by atoms with Crippen LogP contribution in [0.3, 0.4) is 0 Å². The number of nitrogens with one attached hydrogen (secondary N) is 1. The van der Waals surface area contributed by atoms with Gasteiger partial charge in [-0.05, 0) is 17.5 Å². The molecule has 0 heterocycles. The molecule has 1 aromatic rings. The van der Waals surface area contributed by atoms with E-state index in [-0.39, 0.29) is 11.7 Å². The van der Waals surface area contributed by atoms with Gasteiger partial charge in [0.15, 0.2) is 0 Å². The van der Waals surface area contributed by atoms with Crippen LogP contribution in [-0.2, 0) is 9.59 Å². The lowest BCUT2D eigenvalue weighted by atomic mass is 9.87. The number of carbonyl (C=O) groups is 2. The Morgan fingerprint density at radius 2 is 1.95 bits per heavy atom. The highest BCUT2D eigenvalue weighted by Crippen LogP contribution is 2.26. The van der Waals surface area contributed by atoms with Crippen molar-refractivity contribution in [3.05, 3.63) is 29.3 Å². The van der Waals surface area contributed by atoms with Gasteiger partial charge in [0.2, 0.25) is 5.91 Å². The summed E-state index contributed by atoms with van der Waals surface area (Å²) in [4.78, 5) is 23.8. The Kier molecular flexibility index (Phi) is 5.89. The number of carboxylic acids is 1. The normalized spacial score (nSPS) is 12.8. The summed E-state index contributed by atoms with van der Waals surface area (Å²) < 4.78 is 0. The molecule has 1 rings (SSSR count). The number of carbonyl (C=O) groups excluding carboxylic acids is 1. The van der Waals surface area contributed by atoms with Gasteiger partial charge in [-0.1, -0.05) is 44.5 Å². The molecule has 0 unspecified atom stereocenters. The predicted octanol–water partition coefficient (Wildman–Crippen LogP) is 3.05. The quantitative estimate of drug-likeness (QED) is 0.820. The van der Waals surface area contributed by atoms with Crippen molar-refractivity contribution in [2.75, 3.05) is 5.75 Å². The maximum absolute atomic E-state index is 11.9. The SMILES string of the molecule is CC(C)(C)[C@H](NC(=O)CSc1ccccc1Cl)C(=O)O. The van der Waals surface area contributed by atoms with Gasteiger partial charge in [-0.15, -0.1) is 11.8 Å². The zero-order chi connectivity index (χ0) is 15.3. The van der Waals surface area contributed by atoms with Crippen molar-refractivity contribution >= 4 is 35.2 Å². The van der Waals surface area contributed by atoms with Crippen LogP contribution in [0, 0.1) is 5.41 Å². The minimum atomic E-state index is -1.03. The van der Waals surface area contributed by atoms with Crippen molar-refractivity contribution in [3.63, 3.8) is 0 Å². The molecule has 0 saturated carbocycles. The van der Waals surface area contributed by atoms with E-state index >= 15 is 0 Å². The zero-order valence-electron chi connectivity index (χ0n) is 11.6. The number of aliphatic carboxylic acids is 1. The van der Waals surface area contributed by atoms with Crippen LogP contribution in [0.25, 0.3) is 0 Å². The van der Waals surface area contributed by atoms with Crippen molar-refractivity contribution < 1.29 is 14.7 Å². The van der Waals surface area contributed by atoms with Crippen molar-refractivity contribution in [2.45, 2.75) is 31.7 Å². The Morgan fingerprint density at radius 3 is 2.45 bits per heavy atom. The number of hydrogen-bond donors (Lipinski definition) is 2. The topological polar surface area (TPSA) is 66.4 Å². The molecule has 20 heavy (non-hydrogen) atoms. The van der Waals surface area contributed by atoms with Gasteiger partial charge < -0.3 is 10.4 Å². The maximum atomic E-state index is 11.9. The van der Waals surface area contributed by atoms with Crippen molar-refractivity contribution in [2.24, 2.45) is 5.41 Å². The first-order valence-corrected chi connectivity index (χ1v) is 7.47. The van der Waals surface area contributed by atoms with Crippen LogP contribution in [0.15, 0.2) is 29.2 Å². The van der Waals surface area contributed by atoms with Gasteiger partial charge >= 0.3 is 5.97 Å².